The third-order valence-corrected chi connectivity index (χ3v) is 1.65. The quantitative estimate of drug-likeness (QED) is 0.387. The summed E-state index contributed by atoms with van der Waals surface area (Å²) in [4.78, 5) is 33.4. The zero-order chi connectivity index (χ0) is 9.30. The fraction of sp³-hybridized carbons (Fsp3) is 0.571. The molecule has 66 valence electrons. The Morgan fingerprint density at radius 1 is 1.58 bits per heavy atom. The summed E-state index contributed by atoms with van der Waals surface area (Å²) in [7, 11) is 1.37. The van der Waals surface area contributed by atoms with Crippen LogP contribution in [0.5, 0.6) is 0 Å². The van der Waals surface area contributed by atoms with Crippen LogP contribution in [-0.4, -0.2) is 35.8 Å². The maximum absolute atomic E-state index is 11.1. The number of ether oxygens (including phenoxy) is 1. The molecule has 0 saturated carbocycles. The molecule has 1 fully saturated rings. The number of likely N-dealkylation sites (N-methyl/N-ethyl adjacent to an activating group) is 1. The summed E-state index contributed by atoms with van der Waals surface area (Å²) in [6.07, 6.45) is -0.936. The highest BCUT2D eigenvalue weighted by Crippen LogP contribution is 2.13. The van der Waals surface area contributed by atoms with Crippen LogP contribution in [-0.2, 0) is 19.1 Å². The summed E-state index contributed by atoms with van der Waals surface area (Å²) >= 11 is 0. The van der Waals surface area contributed by atoms with Crippen molar-refractivity contribution in [1.82, 2.24) is 4.90 Å². The highest BCUT2D eigenvalue weighted by Gasteiger charge is 2.38. The number of imide groups is 1. The molecule has 12 heavy (non-hydrogen) atoms. The van der Waals surface area contributed by atoms with Crippen LogP contribution in [0, 0.1) is 0 Å². The molecule has 0 aliphatic carbocycles. The molecule has 1 heterocycles. The highest BCUT2D eigenvalue weighted by atomic mass is 16.5. The second kappa shape index (κ2) is 2.92. The van der Waals surface area contributed by atoms with Crippen molar-refractivity contribution in [2.45, 2.75) is 19.4 Å². The first-order valence-corrected chi connectivity index (χ1v) is 3.50. The van der Waals surface area contributed by atoms with E-state index < -0.39 is 18.0 Å². The Kier molecular flexibility index (Phi) is 2.12. The van der Waals surface area contributed by atoms with E-state index in [1.54, 1.807) is 0 Å². The van der Waals surface area contributed by atoms with Gasteiger partial charge in [0, 0.05) is 14.0 Å². The fourth-order valence-electron chi connectivity index (χ4n) is 1.01. The lowest BCUT2D eigenvalue weighted by Crippen LogP contribution is -2.29. The number of likely N-dealkylation sites (tertiary alicyclic amines) is 1. The summed E-state index contributed by atoms with van der Waals surface area (Å²) in [6.45, 7) is 1.20. The van der Waals surface area contributed by atoms with Crippen LogP contribution in [0.1, 0.15) is 13.3 Å². The summed E-state index contributed by atoms with van der Waals surface area (Å²) < 4.78 is 4.61. The molecule has 5 heteroatoms. The number of hydrogen-bond donors (Lipinski definition) is 0. The molecule has 5 nitrogen and oxygen atoms in total. The first kappa shape index (κ1) is 8.70. The van der Waals surface area contributed by atoms with Gasteiger partial charge < -0.3 is 4.74 Å². The third-order valence-electron chi connectivity index (χ3n) is 1.65. The molecule has 1 aliphatic rings. The average Bonchev–Trinajstić information content (AvgIpc) is 2.17. The molecule has 0 unspecified atom stereocenters. The molecule has 0 radical (unpaired) electrons. The molecule has 1 saturated heterocycles. The maximum atomic E-state index is 11.1. The molecule has 1 rings (SSSR count). The standard InChI is InChI=1S/C7H9NO4/c1-4(9)12-5-3-6(10)8(2)7(5)11/h5H,3H2,1-2H3/t5-/m1/s1. The van der Waals surface area contributed by atoms with Crippen LogP contribution in [0.2, 0.25) is 0 Å². The van der Waals surface area contributed by atoms with Gasteiger partial charge in [0.1, 0.15) is 0 Å². The maximum Gasteiger partial charge on any atom is 0.303 e. The third kappa shape index (κ3) is 1.44. The van der Waals surface area contributed by atoms with Crippen LogP contribution in [0.25, 0.3) is 0 Å². The van der Waals surface area contributed by atoms with Gasteiger partial charge in [-0.25, -0.2) is 0 Å². The van der Waals surface area contributed by atoms with Gasteiger partial charge in [0.25, 0.3) is 5.91 Å². The molecule has 0 bridgehead atoms. The van der Waals surface area contributed by atoms with Crippen molar-refractivity contribution >= 4 is 17.8 Å². The fourth-order valence-corrected chi connectivity index (χ4v) is 1.01. The van der Waals surface area contributed by atoms with E-state index in [1.807, 2.05) is 0 Å². The highest BCUT2D eigenvalue weighted by molar-refractivity contribution is 6.05. The van der Waals surface area contributed by atoms with E-state index in [0.29, 0.717) is 0 Å². The summed E-state index contributed by atoms with van der Waals surface area (Å²) in [6, 6.07) is 0. The second-order valence-corrected chi connectivity index (χ2v) is 2.59. The predicted molar refractivity (Wildman–Crippen MR) is 37.9 cm³/mol. The van der Waals surface area contributed by atoms with Crippen LogP contribution in [0.4, 0.5) is 0 Å². The zero-order valence-corrected chi connectivity index (χ0v) is 6.86. The molecule has 0 aromatic rings. The molecule has 0 spiro atoms. The van der Waals surface area contributed by atoms with Crippen LogP contribution < -0.4 is 0 Å². The normalized spacial score (nSPS) is 23.2. The number of rotatable bonds is 1. The lowest BCUT2D eigenvalue weighted by atomic mass is 10.3. The van der Waals surface area contributed by atoms with Gasteiger partial charge in [-0.2, -0.15) is 0 Å². The van der Waals surface area contributed by atoms with E-state index in [1.165, 1.54) is 14.0 Å². The van der Waals surface area contributed by atoms with E-state index in [-0.39, 0.29) is 12.3 Å². The minimum Gasteiger partial charge on any atom is -0.452 e. The number of carbonyl (C=O) groups excluding carboxylic acids is 3. The number of hydrogen-bond acceptors (Lipinski definition) is 4. The molecule has 0 N–H and O–H groups in total. The van der Waals surface area contributed by atoms with Crippen molar-refractivity contribution in [2.24, 2.45) is 0 Å². The number of nitrogens with zero attached hydrogens (tertiary/aromatic N) is 1. The van der Waals surface area contributed by atoms with Crippen molar-refractivity contribution in [3.05, 3.63) is 0 Å². The average molecular weight is 171 g/mol. The monoisotopic (exact) mass is 171 g/mol. The van der Waals surface area contributed by atoms with Gasteiger partial charge in [-0.3, -0.25) is 19.3 Å². The first-order chi connectivity index (χ1) is 5.52. The first-order valence-electron chi connectivity index (χ1n) is 3.50. The van der Waals surface area contributed by atoms with E-state index in [4.69, 9.17) is 0 Å². The zero-order valence-electron chi connectivity index (χ0n) is 6.86. The molecule has 1 atom stereocenters. The van der Waals surface area contributed by atoms with Crippen molar-refractivity contribution in [2.75, 3.05) is 7.05 Å². The Hall–Kier alpha value is -1.39. The van der Waals surface area contributed by atoms with Gasteiger partial charge in [-0.15, -0.1) is 0 Å². The number of esters is 1. The Bertz CT molecular complexity index is 246. The smallest absolute Gasteiger partial charge is 0.303 e. The van der Waals surface area contributed by atoms with Crippen LogP contribution in [0.15, 0.2) is 0 Å². The van der Waals surface area contributed by atoms with E-state index in [9.17, 15) is 14.4 Å². The lowest BCUT2D eigenvalue weighted by molar-refractivity contribution is -0.154. The van der Waals surface area contributed by atoms with E-state index >= 15 is 0 Å². The summed E-state index contributed by atoms with van der Waals surface area (Å²) in [5.74, 6) is -1.31. The molecule has 0 aromatic heterocycles. The van der Waals surface area contributed by atoms with Crippen molar-refractivity contribution in [3.63, 3.8) is 0 Å². The van der Waals surface area contributed by atoms with Gasteiger partial charge in [0.05, 0.1) is 6.42 Å². The molecular weight excluding hydrogens is 162 g/mol. The number of carbonyl (C=O) groups is 3. The van der Waals surface area contributed by atoms with Crippen molar-refractivity contribution < 1.29 is 19.1 Å². The largest absolute Gasteiger partial charge is 0.452 e. The summed E-state index contributed by atoms with van der Waals surface area (Å²) in [5, 5.41) is 0. The van der Waals surface area contributed by atoms with E-state index in [0.717, 1.165) is 4.90 Å². The molecular formula is C7H9NO4. The topological polar surface area (TPSA) is 63.7 Å². The minimum atomic E-state index is -0.903. The van der Waals surface area contributed by atoms with Gasteiger partial charge in [-0.1, -0.05) is 0 Å². The molecule has 0 aromatic carbocycles. The Morgan fingerprint density at radius 2 is 2.17 bits per heavy atom. The van der Waals surface area contributed by atoms with Gasteiger partial charge in [0.15, 0.2) is 6.10 Å². The predicted octanol–water partition coefficient (Wildman–Crippen LogP) is -0.693. The summed E-state index contributed by atoms with van der Waals surface area (Å²) in [5.41, 5.74) is 0. The second-order valence-electron chi connectivity index (χ2n) is 2.59. The Labute approximate surface area is 69.3 Å². The minimum absolute atomic E-state index is 0.0328. The van der Waals surface area contributed by atoms with Gasteiger partial charge >= 0.3 is 5.97 Å². The lowest BCUT2D eigenvalue weighted by Gasteiger charge is -2.07. The van der Waals surface area contributed by atoms with Gasteiger partial charge in [-0.05, 0) is 0 Å². The molecule has 1 aliphatic heterocycles. The molecule has 2 amide bonds. The van der Waals surface area contributed by atoms with Gasteiger partial charge in [0.2, 0.25) is 5.91 Å². The Balaban J connectivity index is 2.65. The van der Waals surface area contributed by atoms with Crippen molar-refractivity contribution in [1.29, 1.82) is 0 Å². The Morgan fingerprint density at radius 3 is 2.50 bits per heavy atom. The SMILES string of the molecule is CC(=O)O[C@@H]1CC(=O)N(C)C1=O. The van der Waals surface area contributed by atoms with E-state index in [2.05, 4.69) is 4.74 Å². The van der Waals surface area contributed by atoms with Crippen LogP contribution in [0.3, 0.4) is 0 Å². The number of amides is 2. The van der Waals surface area contributed by atoms with Crippen LogP contribution >= 0.6 is 0 Å². The van der Waals surface area contributed by atoms with Crippen molar-refractivity contribution in [3.8, 4) is 0 Å².